The molecule has 0 heterocycles. The zero-order valence-corrected chi connectivity index (χ0v) is 10.3. The number of carbonyl (C=O) groups excluding carboxylic acids is 1. The first-order chi connectivity index (χ1) is 7.00. The van der Waals surface area contributed by atoms with E-state index in [0.717, 1.165) is 0 Å². The molecule has 0 bridgehead atoms. The quantitative estimate of drug-likeness (QED) is 0.722. The van der Waals surface area contributed by atoms with Gasteiger partial charge in [-0.15, -0.1) is 0 Å². The maximum atomic E-state index is 11.2. The van der Waals surface area contributed by atoms with Crippen LogP contribution in [-0.2, 0) is 10.9 Å². The minimum Gasteiger partial charge on any atom is -0.410 e. The first-order valence-electron chi connectivity index (χ1n) is 4.57. The Morgan fingerprint density at radius 2 is 1.73 bits per heavy atom. The number of rotatable bonds is 2. The third-order valence-corrected chi connectivity index (χ3v) is 3.08. The van der Waals surface area contributed by atoms with Crippen LogP contribution in [0, 0.1) is 0 Å². The molecule has 0 radical (unpaired) electrons. The number of ether oxygens (including phenoxy) is 1. The summed E-state index contributed by atoms with van der Waals surface area (Å²) in [6.07, 6.45) is 3.96. The highest BCUT2D eigenvalue weighted by molar-refractivity contribution is 7.95. The predicted octanol–water partition coefficient (Wildman–Crippen LogP) is 1.98. The summed E-state index contributed by atoms with van der Waals surface area (Å²) < 4.78 is 5.10. The Labute approximate surface area is 93.4 Å². The summed E-state index contributed by atoms with van der Waals surface area (Å²) in [5.41, 5.74) is 0. The molecule has 3 nitrogen and oxygen atoms in total. The second-order valence-corrected chi connectivity index (χ2v) is 5.65. The Balaban J connectivity index is 2.69. The largest absolute Gasteiger partial charge is 0.414 e. The molecule has 0 spiro atoms. The van der Waals surface area contributed by atoms with Crippen LogP contribution in [0.15, 0.2) is 29.2 Å². The van der Waals surface area contributed by atoms with E-state index in [2.05, 4.69) is 12.5 Å². The van der Waals surface area contributed by atoms with E-state index in [4.69, 9.17) is 4.74 Å². The van der Waals surface area contributed by atoms with E-state index in [9.17, 15) is 4.79 Å². The first-order valence-corrected chi connectivity index (χ1v) is 6.61. The molecule has 15 heavy (non-hydrogen) atoms. The summed E-state index contributed by atoms with van der Waals surface area (Å²) in [6, 6.07) is 7.62. The molecule has 0 unspecified atom stereocenters. The van der Waals surface area contributed by atoms with Crippen LogP contribution in [0.25, 0.3) is 0 Å². The highest BCUT2D eigenvalue weighted by Gasteiger charge is 2.10. The molecule has 0 aromatic heterocycles. The molecule has 1 rings (SSSR count). The van der Waals surface area contributed by atoms with Crippen LogP contribution < -0.4 is 4.74 Å². The molecule has 1 aromatic carbocycles. The Kier molecular flexibility index (Phi) is 4.03. The van der Waals surface area contributed by atoms with E-state index in [0.29, 0.717) is 5.75 Å². The molecule has 1 aromatic rings. The topological polar surface area (TPSA) is 29.5 Å². The molecule has 0 aliphatic rings. The third-order valence-electron chi connectivity index (χ3n) is 1.87. The molecule has 0 saturated heterocycles. The maximum Gasteiger partial charge on any atom is 0.414 e. The molecule has 0 fully saturated rings. The van der Waals surface area contributed by atoms with Crippen molar-refractivity contribution < 1.29 is 9.53 Å². The van der Waals surface area contributed by atoms with Crippen LogP contribution in [0.2, 0.25) is 0 Å². The van der Waals surface area contributed by atoms with Gasteiger partial charge in [-0.1, -0.05) is 0 Å². The second kappa shape index (κ2) is 5.07. The maximum absolute atomic E-state index is 11.2. The van der Waals surface area contributed by atoms with Gasteiger partial charge in [0.25, 0.3) is 0 Å². The van der Waals surface area contributed by atoms with Gasteiger partial charge in [0, 0.05) is 25.0 Å². The lowest BCUT2D eigenvalue weighted by molar-refractivity contribution is 0.172. The van der Waals surface area contributed by atoms with Crippen molar-refractivity contribution in [1.29, 1.82) is 0 Å². The first kappa shape index (κ1) is 11.9. The van der Waals surface area contributed by atoms with Crippen molar-refractivity contribution in [2.45, 2.75) is 4.90 Å². The standard InChI is InChI=1S/C11H16NO2S/c1-12(2)11(13)14-9-5-7-10(8-6-9)15(3)4/h5-8H,1-4H3/q+1. The summed E-state index contributed by atoms with van der Waals surface area (Å²) in [6.45, 7) is 0. The smallest absolute Gasteiger partial charge is 0.410 e. The molecular weight excluding hydrogens is 210 g/mol. The van der Waals surface area contributed by atoms with E-state index in [1.165, 1.54) is 9.80 Å². The van der Waals surface area contributed by atoms with E-state index in [1.54, 1.807) is 14.1 Å². The van der Waals surface area contributed by atoms with E-state index >= 15 is 0 Å². The average Bonchev–Trinajstić information content (AvgIpc) is 2.18. The fourth-order valence-corrected chi connectivity index (χ4v) is 1.65. The molecule has 82 valence electrons. The van der Waals surface area contributed by atoms with Crippen molar-refractivity contribution in [1.82, 2.24) is 4.90 Å². The van der Waals surface area contributed by atoms with E-state index in [1.807, 2.05) is 24.3 Å². The molecule has 0 atom stereocenters. The van der Waals surface area contributed by atoms with Crippen molar-refractivity contribution in [3.8, 4) is 5.75 Å². The van der Waals surface area contributed by atoms with Gasteiger partial charge in [-0.2, -0.15) is 0 Å². The van der Waals surface area contributed by atoms with Crippen molar-refractivity contribution in [2.75, 3.05) is 26.6 Å². The van der Waals surface area contributed by atoms with Crippen molar-refractivity contribution in [3.63, 3.8) is 0 Å². The number of hydrogen-bond donors (Lipinski definition) is 0. The highest BCUT2D eigenvalue weighted by Crippen LogP contribution is 2.16. The average molecular weight is 226 g/mol. The number of hydrogen-bond acceptors (Lipinski definition) is 2. The van der Waals surface area contributed by atoms with Crippen molar-refractivity contribution in [2.24, 2.45) is 0 Å². The number of benzene rings is 1. The molecule has 4 heteroatoms. The van der Waals surface area contributed by atoms with Gasteiger partial charge in [0.2, 0.25) is 0 Å². The summed E-state index contributed by atoms with van der Waals surface area (Å²) in [5, 5.41) is 0. The van der Waals surface area contributed by atoms with Crippen LogP contribution in [0.3, 0.4) is 0 Å². The number of amides is 1. The van der Waals surface area contributed by atoms with Gasteiger partial charge in [-0.3, -0.25) is 0 Å². The fraction of sp³-hybridized carbons (Fsp3) is 0.364. The monoisotopic (exact) mass is 226 g/mol. The lowest BCUT2D eigenvalue weighted by Crippen LogP contribution is -2.25. The predicted molar refractivity (Wildman–Crippen MR) is 63.6 cm³/mol. The summed E-state index contributed by atoms with van der Waals surface area (Å²) in [4.78, 5) is 13.9. The summed E-state index contributed by atoms with van der Waals surface area (Å²) >= 11 is 0. The molecule has 0 saturated carbocycles. The second-order valence-electron chi connectivity index (χ2n) is 3.55. The van der Waals surface area contributed by atoms with Gasteiger partial charge < -0.3 is 9.64 Å². The van der Waals surface area contributed by atoms with E-state index in [-0.39, 0.29) is 17.0 Å². The molecule has 0 N–H and O–H groups in total. The minimum atomic E-state index is -0.352. The van der Waals surface area contributed by atoms with Gasteiger partial charge in [-0.25, -0.2) is 4.79 Å². The van der Waals surface area contributed by atoms with Gasteiger partial charge in [0.1, 0.15) is 18.3 Å². The fourth-order valence-electron chi connectivity index (χ4n) is 0.972. The Morgan fingerprint density at radius 1 is 1.20 bits per heavy atom. The van der Waals surface area contributed by atoms with E-state index < -0.39 is 0 Å². The van der Waals surface area contributed by atoms with Crippen LogP contribution >= 0.6 is 0 Å². The molecule has 0 aliphatic heterocycles. The summed E-state index contributed by atoms with van der Waals surface area (Å²) in [5.74, 6) is 0.586. The zero-order valence-electron chi connectivity index (χ0n) is 9.48. The lowest BCUT2D eigenvalue weighted by atomic mass is 10.3. The van der Waals surface area contributed by atoms with Crippen molar-refractivity contribution >= 4 is 17.0 Å². The Morgan fingerprint density at radius 3 is 2.13 bits per heavy atom. The van der Waals surface area contributed by atoms with Gasteiger partial charge >= 0.3 is 6.09 Å². The van der Waals surface area contributed by atoms with Crippen LogP contribution in [0.1, 0.15) is 0 Å². The molecule has 0 aliphatic carbocycles. The van der Waals surface area contributed by atoms with Gasteiger partial charge in [0.05, 0.1) is 0 Å². The highest BCUT2D eigenvalue weighted by atomic mass is 32.2. The zero-order chi connectivity index (χ0) is 11.4. The van der Waals surface area contributed by atoms with Crippen molar-refractivity contribution in [3.05, 3.63) is 24.3 Å². The minimum absolute atomic E-state index is 0.240. The van der Waals surface area contributed by atoms with Crippen LogP contribution in [-0.4, -0.2) is 37.6 Å². The molecular formula is C11H16NO2S+. The number of nitrogens with zero attached hydrogens (tertiary/aromatic N) is 1. The molecule has 1 amide bonds. The van der Waals surface area contributed by atoms with Gasteiger partial charge in [0.15, 0.2) is 4.90 Å². The SMILES string of the molecule is CN(C)C(=O)Oc1ccc([S+](C)C)cc1. The van der Waals surface area contributed by atoms with Crippen LogP contribution in [0.4, 0.5) is 4.79 Å². The lowest BCUT2D eigenvalue weighted by Gasteiger charge is -2.10. The Hall–Kier alpha value is -1.16. The van der Waals surface area contributed by atoms with Gasteiger partial charge in [-0.05, 0) is 24.3 Å². The summed E-state index contributed by atoms with van der Waals surface area (Å²) in [7, 11) is 3.56. The third kappa shape index (κ3) is 3.47. The van der Waals surface area contributed by atoms with Crippen LogP contribution in [0.5, 0.6) is 5.75 Å². The normalized spacial score (nSPS) is 10.2. The Bertz CT molecular complexity index is 333. The number of carbonyl (C=O) groups is 1.